The molecule has 0 spiro atoms. The summed E-state index contributed by atoms with van der Waals surface area (Å²) in [6.07, 6.45) is 7.39. The summed E-state index contributed by atoms with van der Waals surface area (Å²) in [5, 5.41) is 4.40. The fourth-order valence-corrected chi connectivity index (χ4v) is 2.03. The molecule has 0 aliphatic heterocycles. The van der Waals surface area contributed by atoms with Crippen LogP contribution in [0.25, 0.3) is 16.8 Å². The molecule has 19 heavy (non-hydrogen) atoms. The molecule has 0 fully saturated rings. The zero-order valence-corrected chi connectivity index (χ0v) is 10.4. The fourth-order valence-electron chi connectivity index (χ4n) is 2.03. The monoisotopic (exact) mass is 250 g/mol. The molecule has 3 rings (SSSR count). The van der Waals surface area contributed by atoms with Crippen LogP contribution in [0.1, 0.15) is 5.56 Å². The van der Waals surface area contributed by atoms with Crippen LogP contribution in [0.2, 0.25) is 0 Å². The maximum atomic E-state index is 5.72. The molecule has 0 radical (unpaired) electrons. The lowest BCUT2D eigenvalue weighted by Crippen LogP contribution is -2.05. The summed E-state index contributed by atoms with van der Waals surface area (Å²) in [6.45, 7) is 0.448. The number of hydrogen-bond donors (Lipinski definition) is 1. The van der Waals surface area contributed by atoms with Crippen LogP contribution in [-0.2, 0) is 6.54 Å². The molecule has 4 nitrogen and oxygen atoms in total. The molecule has 0 unspecified atom stereocenters. The van der Waals surface area contributed by atoms with Crippen molar-refractivity contribution in [1.29, 1.82) is 0 Å². The number of hydrogen-bond acceptors (Lipinski definition) is 3. The molecule has 0 amide bonds. The first kappa shape index (κ1) is 11.6. The SMILES string of the molecule is NCc1cnccc1-n1cc(-c2ccccc2)cn1. The van der Waals surface area contributed by atoms with Crippen LogP contribution in [0.5, 0.6) is 0 Å². The first-order chi connectivity index (χ1) is 9.38. The van der Waals surface area contributed by atoms with Gasteiger partial charge in [-0.1, -0.05) is 30.3 Å². The predicted octanol–water partition coefficient (Wildman–Crippen LogP) is 2.39. The van der Waals surface area contributed by atoms with Gasteiger partial charge in [-0.05, 0) is 11.6 Å². The Morgan fingerprint density at radius 3 is 2.63 bits per heavy atom. The Hall–Kier alpha value is -2.46. The van der Waals surface area contributed by atoms with Gasteiger partial charge in [0, 0.05) is 36.3 Å². The molecular formula is C15H14N4. The molecule has 0 aliphatic rings. The third-order valence-electron chi connectivity index (χ3n) is 3.03. The third kappa shape index (κ3) is 2.26. The molecule has 0 bridgehead atoms. The van der Waals surface area contributed by atoms with Gasteiger partial charge in [0.15, 0.2) is 0 Å². The van der Waals surface area contributed by atoms with Gasteiger partial charge in [0.1, 0.15) is 0 Å². The van der Waals surface area contributed by atoms with Crippen LogP contribution in [-0.4, -0.2) is 14.8 Å². The quantitative estimate of drug-likeness (QED) is 0.776. The van der Waals surface area contributed by atoms with Gasteiger partial charge < -0.3 is 5.73 Å². The van der Waals surface area contributed by atoms with Gasteiger partial charge in [0.05, 0.1) is 11.9 Å². The van der Waals surface area contributed by atoms with Crippen molar-refractivity contribution in [2.24, 2.45) is 5.73 Å². The van der Waals surface area contributed by atoms with Crippen molar-refractivity contribution in [2.45, 2.75) is 6.54 Å². The van der Waals surface area contributed by atoms with E-state index in [2.05, 4.69) is 22.2 Å². The van der Waals surface area contributed by atoms with Crippen molar-refractivity contribution >= 4 is 0 Å². The Balaban J connectivity index is 2.02. The second-order valence-electron chi connectivity index (χ2n) is 4.25. The summed E-state index contributed by atoms with van der Waals surface area (Å²) in [7, 11) is 0. The van der Waals surface area contributed by atoms with E-state index in [1.165, 1.54) is 0 Å². The van der Waals surface area contributed by atoms with Crippen molar-refractivity contribution < 1.29 is 0 Å². The Bertz CT molecular complexity index is 673. The normalized spacial score (nSPS) is 10.6. The fraction of sp³-hybridized carbons (Fsp3) is 0.0667. The molecule has 4 heteroatoms. The highest BCUT2D eigenvalue weighted by Gasteiger charge is 2.06. The molecular weight excluding hydrogens is 236 g/mol. The Kier molecular flexibility index (Phi) is 3.08. The van der Waals surface area contributed by atoms with Crippen LogP contribution >= 0.6 is 0 Å². The van der Waals surface area contributed by atoms with Gasteiger partial charge in [-0.25, -0.2) is 4.68 Å². The molecule has 2 N–H and O–H groups in total. The van der Waals surface area contributed by atoms with Crippen LogP contribution < -0.4 is 5.73 Å². The molecule has 2 heterocycles. The van der Waals surface area contributed by atoms with Crippen molar-refractivity contribution in [3.63, 3.8) is 0 Å². The molecule has 0 saturated heterocycles. The zero-order chi connectivity index (χ0) is 13.1. The van der Waals surface area contributed by atoms with E-state index in [-0.39, 0.29) is 0 Å². The number of nitrogens with zero attached hydrogens (tertiary/aromatic N) is 3. The van der Waals surface area contributed by atoms with E-state index in [0.29, 0.717) is 6.54 Å². The maximum Gasteiger partial charge on any atom is 0.0721 e. The van der Waals surface area contributed by atoms with Gasteiger partial charge in [-0.2, -0.15) is 5.10 Å². The minimum Gasteiger partial charge on any atom is -0.326 e. The van der Waals surface area contributed by atoms with Crippen LogP contribution in [0.15, 0.2) is 61.2 Å². The average molecular weight is 250 g/mol. The highest BCUT2D eigenvalue weighted by atomic mass is 15.3. The predicted molar refractivity (Wildman–Crippen MR) is 74.7 cm³/mol. The third-order valence-corrected chi connectivity index (χ3v) is 3.03. The second kappa shape index (κ2) is 5.04. The van der Waals surface area contributed by atoms with E-state index in [4.69, 9.17) is 5.73 Å². The van der Waals surface area contributed by atoms with Gasteiger partial charge >= 0.3 is 0 Å². The first-order valence-electron chi connectivity index (χ1n) is 6.12. The highest BCUT2D eigenvalue weighted by Crippen LogP contribution is 2.20. The Morgan fingerprint density at radius 2 is 1.84 bits per heavy atom. The van der Waals surface area contributed by atoms with Crippen molar-refractivity contribution in [3.05, 3.63) is 66.7 Å². The van der Waals surface area contributed by atoms with Crippen LogP contribution in [0.4, 0.5) is 0 Å². The van der Waals surface area contributed by atoms with Gasteiger partial charge in [0.25, 0.3) is 0 Å². The highest BCUT2D eigenvalue weighted by molar-refractivity contribution is 5.62. The number of nitrogens with two attached hydrogens (primary N) is 1. The van der Waals surface area contributed by atoms with Gasteiger partial charge in [-0.3, -0.25) is 4.98 Å². The summed E-state index contributed by atoms with van der Waals surface area (Å²) in [6, 6.07) is 12.1. The second-order valence-corrected chi connectivity index (χ2v) is 4.25. The first-order valence-corrected chi connectivity index (χ1v) is 6.12. The summed E-state index contributed by atoms with van der Waals surface area (Å²) >= 11 is 0. The molecule has 94 valence electrons. The Labute approximate surface area is 111 Å². The Morgan fingerprint density at radius 1 is 1.00 bits per heavy atom. The summed E-state index contributed by atoms with van der Waals surface area (Å²) in [5.41, 5.74) is 9.91. The van der Waals surface area contributed by atoms with Crippen molar-refractivity contribution in [3.8, 4) is 16.8 Å². The maximum absolute atomic E-state index is 5.72. The van der Waals surface area contributed by atoms with Crippen LogP contribution in [0.3, 0.4) is 0 Å². The van der Waals surface area contributed by atoms with E-state index >= 15 is 0 Å². The lowest BCUT2D eigenvalue weighted by atomic mass is 10.1. The molecule has 0 atom stereocenters. The molecule has 0 saturated carbocycles. The van der Waals surface area contributed by atoms with Gasteiger partial charge in [0.2, 0.25) is 0 Å². The number of pyridine rings is 1. The molecule has 2 aromatic heterocycles. The minimum absolute atomic E-state index is 0.448. The van der Waals surface area contributed by atoms with E-state index in [1.54, 1.807) is 12.4 Å². The van der Waals surface area contributed by atoms with Crippen molar-refractivity contribution in [2.75, 3.05) is 0 Å². The summed E-state index contributed by atoms with van der Waals surface area (Å²) < 4.78 is 1.84. The number of rotatable bonds is 3. The summed E-state index contributed by atoms with van der Waals surface area (Å²) in [4.78, 5) is 4.09. The molecule has 1 aromatic carbocycles. The van der Waals surface area contributed by atoms with E-state index in [1.807, 2.05) is 41.3 Å². The van der Waals surface area contributed by atoms with Crippen molar-refractivity contribution in [1.82, 2.24) is 14.8 Å². The van der Waals surface area contributed by atoms with E-state index in [9.17, 15) is 0 Å². The van der Waals surface area contributed by atoms with Crippen LogP contribution in [0, 0.1) is 0 Å². The lowest BCUT2D eigenvalue weighted by Gasteiger charge is -2.06. The van der Waals surface area contributed by atoms with E-state index < -0.39 is 0 Å². The summed E-state index contributed by atoms with van der Waals surface area (Å²) in [5.74, 6) is 0. The van der Waals surface area contributed by atoms with E-state index in [0.717, 1.165) is 22.4 Å². The molecule has 3 aromatic rings. The van der Waals surface area contributed by atoms with Gasteiger partial charge in [-0.15, -0.1) is 0 Å². The standard InChI is InChI=1S/C15H14N4/c16-8-13-9-17-7-6-15(13)19-11-14(10-18-19)12-4-2-1-3-5-12/h1-7,9-11H,8,16H2. The largest absolute Gasteiger partial charge is 0.326 e. The topological polar surface area (TPSA) is 56.7 Å². The number of aromatic nitrogens is 3. The smallest absolute Gasteiger partial charge is 0.0721 e. The number of benzene rings is 1. The average Bonchev–Trinajstić information content (AvgIpc) is 2.98. The molecule has 0 aliphatic carbocycles. The minimum atomic E-state index is 0.448. The zero-order valence-electron chi connectivity index (χ0n) is 10.4. The lowest BCUT2D eigenvalue weighted by molar-refractivity contribution is 0.853.